The Balaban J connectivity index is 0. The normalized spacial score (nSPS) is 0. The van der Waals surface area contributed by atoms with Gasteiger partial charge in [-0.25, -0.2) is 0 Å². The van der Waals surface area contributed by atoms with E-state index in [4.69, 9.17) is 0 Å². The van der Waals surface area contributed by atoms with Crippen molar-refractivity contribution in [2.45, 2.75) is 0 Å². The van der Waals surface area contributed by atoms with E-state index in [0.29, 0.717) is 0 Å². The Morgan fingerprint density at radius 2 is 1.00 bits per heavy atom. The molecular formula is CoCuFeNiSi. The van der Waals surface area contributed by atoms with Crippen LogP contribution in [-0.2, 0) is 67.4 Å². The molecule has 0 aliphatic heterocycles. The summed E-state index contributed by atoms with van der Waals surface area (Å²) in [5.74, 6) is 0. The monoisotopic (exact) mass is 264 g/mol. The standard InChI is InChI=1S/Co.Cu.Fe.Ni.Si. The van der Waals surface area contributed by atoms with Crippen molar-refractivity contribution >= 4 is 11.0 Å². The molecule has 0 bridgehead atoms. The van der Waals surface area contributed by atoms with Crippen LogP contribution in [0.4, 0.5) is 0 Å². The van der Waals surface area contributed by atoms with E-state index < -0.39 is 0 Å². The van der Waals surface area contributed by atoms with Crippen LogP contribution in [0.5, 0.6) is 0 Å². The summed E-state index contributed by atoms with van der Waals surface area (Å²) in [5.41, 5.74) is 0. The third-order valence-electron chi connectivity index (χ3n) is 0. The van der Waals surface area contributed by atoms with Crippen LogP contribution < -0.4 is 0 Å². The van der Waals surface area contributed by atoms with Crippen LogP contribution >= 0.6 is 0 Å². The fourth-order valence-corrected chi connectivity index (χ4v) is 0. The minimum Gasteiger partial charge on any atom is 0 e. The van der Waals surface area contributed by atoms with Crippen LogP contribution in [0.2, 0.25) is 0 Å². The predicted molar refractivity (Wildman–Crippen MR) is 5.75 cm³/mol. The zero-order chi connectivity index (χ0) is 0. The van der Waals surface area contributed by atoms with Gasteiger partial charge in [-0.15, -0.1) is 0 Å². The summed E-state index contributed by atoms with van der Waals surface area (Å²) in [4.78, 5) is 0. The second-order valence-electron chi connectivity index (χ2n) is 0. The molecule has 5 heteroatoms. The van der Waals surface area contributed by atoms with E-state index in [1.807, 2.05) is 0 Å². The quantitative estimate of drug-likeness (QED) is 0.523. The van der Waals surface area contributed by atoms with Crippen LogP contribution in [0.25, 0.3) is 0 Å². The first-order valence-electron chi connectivity index (χ1n) is 0. The van der Waals surface area contributed by atoms with Crippen LogP contribution in [0.1, 0.15) is 0 Å². The fraction of sp³-hybridized carbons (Fsp3) is 0. The molecule has 5 heavy (non-hydrogen) atoms. The third kappa shape index (κ3) is 22.3. The van der Waals surface area contributed by atoms with Crippen molar-refractivity contribution in [3.05, 3.63) is 0 Å². The minimum absolute atomic E-state index is 0. The van der Waals surface area contributed by atoms with E-state index in [-0.39, 0.29) is 78.4 Å². The predicted octanol–water partition coefficient (Wildman–Crippen LogP) is -0.391. The molecule has 0 heterocycles. The Kier molecular flexibility index (Phi) is 379. The summed E-state index contributed by atoms with van der Waals surface area (Å²) in [6.45, 7) is 0. The molecule has 0 unspecified atom stereocenters. The third-order valence-corrected chi connectivity index (χ3v) is 0. The van der Waals surface area contributed by atoms with Crippen molar-refractivity contribution in [3.8, 4) is 0 Å². The molecule has 0 atom stereocenters. The first-order chi connectivity index (χ1) is 0. The zero-order valence-corrected chi connectivity index (χ0v) is 6.88. The maximum atomic E-state index is 0. The molecule has 0 aromatic rings. The Morgan fingerprint density at radius 1 is 1.00 bits per heavy atom. The van der Waals surface area contributed by atoms with Crippen LogP contribution in [0.3, 0.4) is 0 Å². The maximum absolute atomic E-state index is 0. The molecule has 0 aromatic heterocycles. The Bertz CT molecular complexity index is 11.6. The SMILES string of the molecule is [Co].[Cu].[Fe].[Ni].[Si]. The average Bonchev–Trinajstić information content (AvgIpc) is 0. The molecule has 0 fully saturated rings. The summed E-state index contributed by atoms with van der Waals surface area (Å²) in [6, 6.07) is 0. The van der Waals surface area contributed by atoms with Crippen LogP contribution in [0.15, 0.2) is 0 Å². The van der Waals surface area contributed by atoms with E-state index in [1.165, 1.54) is 0 Å². The van der Waals surface area contributed by atoms with Gasteiger partial charge >= 0.3 is 0 Å². The van der Waals surface area contributed by atoms with Crippen molar-refractivity contribution in [3.63, 3.8) is 0 Å². The molecule has 6 radical (unpaired) electrons. The number of hydrogen-bond acceptors (Lipinski definition) is 0. The second kappa shape index (κ2) is 34.0. The molecule has 42 valence electrons. The van der Waals surface area contributed by atoms with Crippen molar-refractivity contribution < 1.29 is 67.4 Å². The van der Waals surface area contributed by atoms with E-state index in [2.05, 4.69) is 0 Å². The number of hydrogen-bond donors (Lipinski definition) is 0. The van der Waals surface area contributed by atoms with Gasteiger partial charge in [-0.05, 0) is 0 Å². The molecule has 0 saturated carbocycles. The van der Waals surface area contributed by atoms with Crippen molar-refractivity contribution in [1.29, 1.82) is 0 Å². The summed E-state index contributed by atoms with van der Waals surface area (Å²) in [6.07, 6.45) is 0. The Labute approximate surface area is 77.7 Å². The smallest absolute Gasteiger partial charge is 0 e. The molecule has 0 N–H and O–H groups in total. The second-order valence-corrected chi connectivity index (χ2v) is 0. The van der Waals surface area contributed by atoms with Crippen LogP contribution in [0, 0.1) is 0 Å². The van der Waals surface area contributed by atoms with Gasteiger partial charge in [0.2, 0.25) is 0 Å². The van der Waals surface area contributed by atoms with Gasteiger partial charge in [-0.1, -0.05) is 0 Å². The Morgan fingerprint density at radius 3 is 1.00 bits per heavy atom. The molecule has 0 aromatic carbocycles. The topological polar surface area (TPSA) is 0 Å². The van der Waals surface area contributed by atoms with Gasteiger partial charge in [0.25, 0.3) is 0 Å². The molecular weight excluding hydrogens is 265 g/mol. The van der Waals surface area contributed by atoms with Gasteiger partial charge in [-0.2, -0.15) is 0 Å². The van der Waals surface area contributed by atoms with E-state index >= 15 is 0 Å². The summed E-state index contributed by atoms with van der Waals surface area (Å²) in [5, 5.41) is 0. The van der Waals surface area contributed by atoms with Gasteiger partial charge in [-0.3, -0.25) is 0 Å². The minimum atomic E-state index is 0. The van der Waals surface area contributed by atoms with Gasteiger partial charge in [0.15, 0.2) is 0 Å². The van der Waals surface area contributed by atoms with E-state index in [9.17, 15) is 0 Å². The largest absolute Gasteiger partial charge is 0 e. The van der Waals surface area contributed by atoms with Gasteiger partial charge in [0.05, 0.1) is 0 Å². The average molecular weight is 265 g/mol. The maximum Gasteiger partial charge on any atom is 0 e. The van der Waals surface area contributed by atoms with Gasteiger partial charge in [0, 0.05) is 78.4 Å². The molecule has 0 amide bonds. The molecule has 0 spiro atoms. The summed E-state index contributed by atoms with van der Waals surface area (Å²) in [7, 11) is 0. The van der Waals surface area contributed by atoms with E-state index in [1.54, 1.807) is 0 Å². The Hall–Kier alpha value is 2.26. The molecule has 0 saturated heterocycles. The van der Waals surface area contributed by atoms with Gasteiger partial charge < -0.3 is 0 Å². The zero-order valence-electron chi connectivity index (χ0n) is 1.80. The summed E-state index contributed by atoms with van der Waals surface area (Å²) >= 11 is 0. The van der Waals surface area contributed by atoms with Gasteiger partial charge in [0.1, 0.15) is 0 Å². The first-order valence-corrected chi connectivity index (χ1v) is 0. The van der Waals surface area contributed by atoms with Crippen molar-refractivity contribution in [2.75, 3.05) is 0 Å². The summed E-state index contributed by atoms with van der Waals surface area (Å²) < 4.78 is 0. The molecule has 0 aliphatic rings. The van der Waals surface area contributed by atoms with Crippen molar-refractivity contribution in [2.24, 2.45) is 0 Å². The van der Waals surface area contributed by atoms with E-state index in [0.717, 1.165) is 0 Å². The van der Waals surface area contributed by atoms with Crippen LogP contribution in [-0.4, -0.2) is 11.0 Å². The molecule has 0 aliphatic carbocycles. The molecule has 0 nitrogen and oxygen atoms in total. The first kappa shape index (κ1) is 55.8. The number of rotatable bonds is 0. The fourth-order valence-electron chi connectivity index (χ4n) is 0. The molecule has 0 rings (SSSR count). The van der Waals surface area contributed by atoms with Crippen molar-refractivity contribution in [1.82, 2.24) is 0 Å².